The first-order chi connectivity index (χ1) is 8.03. The first kappa shape index (κ1) is 12.6. The Labute approximate surface area is 107 Å². The Morgan fingerprint density at radius 3 is 2.94 bits per heavy atom. The SMILES string of the molecule is CCc1nc(Cl)cc(NC2(C)CCOC2C)n1. The highest BCUT2D eigenvalue weighted by Crippen LogP contribution is 2.29. The Morgan fingerprint density at radius 2 is 2.35 bits per heavy atom. The van der Waals surface area contributed by atoms with Gasteiger partial charge in [-0.2, -0.15) is 0 Å². The molecule has 0 saturated carbocycles. The molecule has 1 saturated heterocycles. The topological polar surface area (TPSA) is 47.0 Å². The molecule has 0 spiro atoms. The summed E-state index contributed by atoms with van der Waals surface area (Å²) in [5.74, 6) is 1.54. The van der Waals surface area contributed by atoms with Crippen molar-refractivity contribution in [3.05, 3.63) is 17.0 Å². The van der Waals surface area contributed by atoms with E-state index in [0.717, 1.165) is 31.1 Å². The fourth-order valence-corrected chi connectivity index (χ4v) is 2.18. The molecule has 1 aliphatic heterocycles. The van der Waals surface area contributed by atoms with Crippen molar-refractivity contribution >= 4 is 17.4 Å². The van der Waals surface area contributed by atoms with Crippen LogP contribution in [-0.4, -0.2) is 28.2 Å². The van der Waals surface area contributed by atoms with Crippen LogP contribution in [-0.2, 0) is 11.2 Å². The molecule has 0 radical (unpaired) electrons. The first-order valence-corrected chi connectivity index (χ1v) is 6.34. The van der Waals surface area contributed by atoms with Crippen LogP contribution in [0.5, 0.6) is 0 Å². The van der Waals surface area contributed by atoms with Gasteiger partial charge in [-0.05, 0) is 20.3 Å². The quantitative estimate of drug-likeness (QED) is 0.844. The van der Waals surface area contributed by atoms with Crippen LogP contribution in [0.4, 0.5) is 5.82 Å². The molecule has 4 nitrogen and oxygen atoms in total. The van der Waals surface area contributed by atoms with Crippen molar-refractivity contribution in [1.29, 1.82) is 0 Å². The number of ether oxygens (including phenoxy) is 1. The highest BCUT2D eigenvalue weighted by molar-refractivity contribution is 6.29. The fraction of sp³-hybridized carbons (Fsp3) is 0.667. The van der Waals surface area contributed by atoms with Gasteiger partial charge in [-0.1, -0.05) is 18.5 Å². The molecule has 0 aliphatic carbocycles. The minimum Gasteiger partial charge on any atom is -0.376 e. The molecule has 0 amide bonds. The third-order valence-corrected chi connectivity index (χ3v) is 3.55. The Kier molecular flexibility index (Phi) is 3.54. The second-order valence-electron chi connectivity index (χ2n) is 4.65. The number of aromatic nitrogens is 2. The van der Waals surface area contributed by atoms with Crippen LogP contribution in [0.1, 0.15) is 33.0 Å². The van der Waals surface area contributed by atoms with E-state index in [-0.39, 0.29) is 11.6 Å². The van der Waals surface area contributed by atoms with Gasteiger partial charge >= 0.3 is 0 Å². The molecule has 2 rings (SSSR count). The molecule has 1 aromatic heterocycles. The minimum atomic E-state index is -0.0807. The molecule has 1 aliphatic rings. The summed E-state index contributed by atoms with van der Waals surface area (Å²) in [7, 11) is 0. The summed E-state index contributed by atoms with van der Waals surface area (Å²) in [5.41, 5.74) is -0.0807. The summed E-state index contributed by atoms with van der Waals surface area (Å²) < 4.78 is 5.59. The number of halogens is 1. The van der Waals surface area contributed by atoms with Gasteiger partial charge in [0.25, 0.3) is 0 Å². The zero-order valence-electron chi connectivity index (χ0n) is 10.5. The van der Waals surface area contributed by atoms with Gasteiger partial charge in [-0.15, -0.1) is 0 Å². The molecule has 94 valence electrons. The summed E-state index contributed by atoms with van der Waals surface area (Å²) in [5, 5.41) is 3.90. The number of nitrogens with zero attached hydrogens (tertiary/aromatic N) is 2. The second kappa shape index (κ2) is 4.78. The molecule has 5 heteroatoms. The molecule has 17 heavy (non-hydrogen) atoms. The fourth-order valence-electron chi connectivity index (χ4n) is 1.98. The van der Waals surface area contributed by atoms with Crippen LogP contribution in [0, 0.1) is 0 Å². The van der Waals surface area contributed by atoms with Gasteiger partial charge in [0.15, 0.2) is 0 Å². The van der Waals surface area contributed by atoms with E-state index in [1.54, 1.807) is 6.07 Å². The highest BCUT2D eigenvalue weighted by Gasteiger charge is 2.37. The first-order valence-electron chi connectivity index (χ1n) is 5.97. The van der Waals surface area contributed by atoms with Gasteiger partial charge in [0.2, 0.25) is 0 Å². The highest BCUT2D eigenvalue weighted by atomic mass is 35.5. The third kappa shape index (κ3) is 2.69. The number of rotatable bonds is 3. The standard InChI is InChI=1S/C12H18ClN3O/c1-4-10-14-9(13)7-11(15-10)16-12(3)5-6-17-8(12)2/h7-8H,4-6H2,1-3H3,(H,14,15,16). The van der Waals surface area contributed by atoms with Crippen molar-refractivity contribution in [2.45, 2.75) is 45.3 Å². The molecular formula is C12H18ClN3O. The summed E-state index contributed by atoms with van der Waals surface area (Å²) in [6.07, 6.45) is 1.91. The maximum atomic E-state index is 5.97. The van der Waals surface area contributed by atoms with Crippen LogP contribution >= 0.6 is 11.6 Å². The minimum absolute atomic E-state index is 0.0807. The van der Waals surface area contributed by atoms with Gasteiger partial charge < -0.3 is 10.1 Å². The van der Waals surface area contributed by atoms with Crippen LogP contribution in [0.2, 0.25) is 5.15 Å². The number of aryl methyl sites for hydroxylation is 1. The Bertz CT molecular complexity index is 413. The van der Waals surface area contributed by atoms with Crippen molar-refractivity contribution in [2.24, 2.45) is 0 Å². The Balaban J connectivity index is 2.20. The van der Waals surface area contributed by atoms with E-state index in [4.69, 9.17) is 16.3 Å². The average Bonchev–Trinajstić information content (AvgIpc) is 2.58. The van der Waals surface area contributed by atoms with Gasteiger partial charge in [0, 0.05) is 19.1 Å². The average molecular weight is 256 g/mol. The molecule has 1 aromatic rings. The largest absolute Gasteiger partial charge is 0.376 e. The number of hydrogen-bond donors (Lipinski definition) is 1. The maximum Gasteiger partial charge on any atom is 0.134 e. The van der Waals surface area contributed by atoms with Crippen LogP contribution in [0.25, 0.3) is 0 Å². The summed E-state index contributed by atoms with van der Waals surface area (Å²) in [4.78, 5) is 8.58. The zero-order chi connectivity index (χ0) is 12.5. The van der Waals surface area contributed by atoms with Crippen LogP contribution in [0.15, 0.2) is 6.07 Å². The molecule has 2 atom stereocenters. The molecule has 1 fully saturated rings. The number of nitrogens with one attached hydrogen (secondary N) is 1. The van der Waals surface area contributed by atoms with E-state index in [9.17, 15) is 0 Å². The molecule has 0 aromatic carbocycles. The van der Waals surface area contributed by atoms with E-state index in [0.29, 0.717) is 5.15 Å². The van der Waals surface area contributed by atoms with E-state index in [2.05, 4.69) is 29.1 Å². The molecular weight excluding hydrogens is 238 g/mol. The second-order valence-corrected chi connectivity index (χ2v) is 5.04. The van der Waals surface area contributed by atoms with Crippen LogP contribution in [0.3, 0.4) is 0 Å². The summed E-state index contributed by atoms with van der Waals surface area (Å²) in [6.45, 7) is 7.01. The normalized spacial score (nSPS) is 28.4. The van der Waals surface area contributed by atoms with Crippen molar-refractivity contribution < 1.29 is 4.74 Å². The third-order valence-electron chi connectivity index (χ3n) is 3.36. The zero-order valence-corrected chi connectivity index (χ0v) is 11.2. The molecule has 1 N–H and O–H groups in total. The van der Waals surface area contributed by atoms with Crippen LogP contribution < -0.4 is 5.32 Å². The van der Waals surface area contributed by atoms with Gasteiger partial charge in [0.1, 0.15) is 16.8 Å². The molecule has 2 unspecified atom stereocenters. The van der Waals surface area contributed by atoms with E-state index >= 15 is 0 Å². The van der Waals surface area contributed by atoms with E-state index in [1.165, 1.54) is 0 Å². The number of anilines is 1. The predicted molar refractivity (Wildman–Crippen MR) is 68.5 cm³/mol. The van der Waals surface area contributed by atoms with E-state index in [1.807, 2.05) is 6.92 Å². The van der Waals surface area contributed by atoms with Crippen molar-refractivity contribution in [2.75, 3.05) is 11.9 Å². The Hall–Kier alpha value is -0.870. The smallest absolute Gasteiger partial charge is 0.134 e. The number of hydrogen-bond acceptors (Lipinski definition) is 4. The van der Waals surface area contributed by atoms with Gasteiger partial charge in [0.05, 0.1) is 11.6 Å². The van der Waals surface area contributed by atoms with Crippen molar-refractivity contribution in [3.63, 3.8) is 0 Å². The lowest BCUT2D eigenvalue weighted by atomic mass is 9.95. The van der Waals surface area contributed by atoms with Crippen molar-refractivity contribution in [3.8, 4) is 0 Å². The summed E-state index contributed by atoms with van der Waals surface area (Å²) in [6, 6.07) is 1.76. The lowest BCUT2D eigenvalue weighted by Crippen LogP contribution is -2.41. The molecule has 2 heterocycles. The predicted octanol–water partition coefficient (Wildman–Crippen LogP) is 2.67. The van der Waals surface area contributed by atoms with Gasteiger partial charge in [-0.25, -0.2) is 9.97 Å². The maximum absolute atomic E-state index is 5.97. The lowest BCUT2D eigenvalue weighted by Gasteiger charge is -2.29. The van der Waals surface area contributed by atoms with Crippen molar-refractivity contribution in [1.82, 2.24) is 9.97 Å². The Morgan fingerprint density at radius 1 is 1.59 bits per heavy atom. The van der Waals surface area contributed by atoms with E-state index < -0.39 is 0 Å². The molecule has 0 bridgehead atoms. The summed E-state index contributed by atoms with van der Waals surface area (Å²) >= 11 is 5.97. The lowest BCUT2D eigenvalue weighted by molar-refractivity contribution is 0.105. The monoisotopic (exact) mass is 255 g/mol. The van der Waals surface area contributed by atoms with Gasteiger partial charge in [-0.3, -0.25) is 0 Å².